The zero-order chi connectivity index (χ0) is 15.6. The number of nitrogens with zero attached hydrogens (tertiary/aromatic N) is 1. The number of hydrogen-bond donors (Lipinski definition) is 1. The largest absolute Gasteiger partial charge is 0.433 e. The molecule has 0 saturated carbocycles. The Bertz CT molecular complexity index is 656. The second kappa shape index (κ2) is 5.99. The fourth-order valence-electron chi connectivity index (χ4n) is 1.87. The second-order valence-electron chi connectivity index (χ2n) is 4.36. The van der Waals surface area contributed by atoms with Gasteiger partial charge in [-0.3, -0.25) is 0 Å². The monoisotopic (exact) mass is 318 g/mol. The molecule has 1 heterocycles. The Morgan fingerprint density at radius 2 is 1.90 bits per heavy atom. The van der Waals surface area contributed by atoms with Crippen molar-refractivity contribution in [2.75, 3.05) is 7.05 Å². The summed E-state index contributed by atoms with van der Waals surface area (Å²) in [5.74, 6) is -0.637. The first-order chi connectivity index (χ1) is 9.82. The summed E-state index contributed by atoms with van der Waals surface area (Å²) >= 11 is 5.68. The van der Waals surface area contributed by atoms with Crippen molar-refractivity contribution in [3.63, 3.8) is 0 Å². The second-order valence-corrected chi connectivity index (χ2v) is 4.77. The van der Waals surface area contributed by atoms with Crippen LogP contribution in [0.5, 0.6) is 0 Å². The molecule has 0 fully saturated rings. The van der Waals surface area contributed by atoms with Gasteiger partial charge in [-0.15, -0.1) is 0 Å². The van der Waals surface area contributed by atoms with E-state index >= 15 is 0 Å². The molecule has 1 aromatic carbocycles. The maximum absolute atomic E-state index is 13.2. The van der Waals surface area contributed by atoms with Gasteiger partial charge in [-0.2, -0.15) is 13.2 Å². The van der Waals surface area contributed by atoms with Crippen LogP contribution < -0.4 is 5.32 Å². The minimum Gasteiger partial charge on any atom is -0.316 e. The quantitative estimate of drug-likeness (QED) is 0.854. The number of aromatic nitrogens is 1. The van der Waals surface area contributed by atoms with Crippen LogP contribution in [0, 0.1) is 5.82 Å². The van der Waals surface area contributed by atoms with Crippen LogP contribution in [0.15, 0.2) is 30.3 Å². The molecule has 2 nitrogen and oxygen atoms in total. The van der Waals surface area contributed by atoms with Crippen LogP contribution in [0.2, 0.25) is 5.02 Å². The Balaban J connectivity index is 2.59. The zero-order valence-electron chi connectivity index (χ0n) is 10.9. The predicted molar refractivity (Wildman–Crippen MR) is 72.4 cm³/mol. The Morgan fingerprint density at radius 3 is 2.48 bits per heavy atom. The van der Waals surface area contributed by atoms with Crippen molar-refractivity contribution in [1.29, 1.82) is 0 Å². The molecule has 1 aromatic heterocycles. The summed E-state index contributed by atoms with van der Waals surface area (Å²) in [7, 11) is 1.67. The van der Waals surface area contributed by atoms with Crippen molar-refractivity contribution in [2.45, 2.75) is 12.7 Å². The molecule has 2 rings (SSSR count). The molecule has 0 aliphatic heterocycles. The number of benzene rings is 1. The highest BCUT2D eigenvalue weighted by atomic mass is 35.5. The number of nitrogens with one attached hydrogen (secondary N) is 1. The Kier molecular flexibility index (Phi) is 4.49. The van der Waals surface area contributed by atoms with Crippen molar-refractivity contribution >= 4 is 11.6 Å². The summed E-state index contributed by atoms with van der Waals surface area (Å²) in [6.45, 7) is 0.329. The topological polar surface area (TPSA) is 24.9 Å². The van der Waals surface area contributed by atoms with E-state index in [0.717, 1.165) is 12.1 Å². The third-order valence-corrected chi connectivity index (χ3v) is 3.12. The van der Waals surface area contributed by atoms with Crippen LogP contribution in [0.4, 0.5) is 17.6 Å². The van der Waals surface area contributed by atoms with Gasteiger partial charge in [-0.05, 0) is 36.9 Å². The van der Waals surface area contributed by atoms with E-state index in [1.807, 2.05) is 0 Å². The Morgan fingerprint density at radius 1 is 1.19 bits per heavy atom. The fraction of sp³-hybridized carbons (Fsp3) is 0.214. The highest BCUT2D eigenvalue weighted by Crippen LogP contribution is 2.32. The van der Waals surface area contributed by atoms with E-state index in [1.54, 1.807) is 7.05 Å². The van der Waals surface area contributed by atoms with Gasteiger partial charge in [-0.25, -0.2) is 9.37 Å². The van der Waals surface area contributed by atoms with E-state index in [2.05, 4.69) is 10.3 Å². The van der Waals surface area contributed by atoms with Gasteiger partial charge in [0.2, 0.25) is 0 Å². The number of pyridine rings is 1. The molecule has 21 heavy (non-hydrogen) atoms. The summed E-state index contributed by atoms with van der Waals surface area (Å²) in [4.78, 5) is 3.66. The summed E-state index contributed by atoms with van der Waals surface area (Å²) in [5.41, 5.74) is 0.0183. The summed E-state index contributed by atoms with van der Waals surface area (Å²) in [5, 5.41) is 2.69. The van der Waals surface area contributed by atoms with Gasteiger partial charge < -0.3 is 5.32 Å². The SMILES string of the molecule is CNCc1ccc(C(F)(F)F)nc1-c1ccc(F)c(Cl)c1. The smallest absolute Gasteiger partial charge is 0.316 e. The van der Waals surface area contributed by atoms with E-state index in [9.17, 15) is 17.6 Å². The molecule has 0 spiro atoms. The molecule has 0 radical (unpaired) electrons. The van der Waals surface area contributed by atoms with Crippen molar-refractivity contribution in [3.05, 3.63) is 52.4 Å². The van der Waals surface area contributed by atoms with Crippen LogP contribution in [0.1, 0.15) is 11.3 Å². The molecule has 1 N–H and O–H groups in total. The number of alkyl halides is 3. The molecule has 0 atom stereocenters. The van der Waals surface area contributed by atoms with Crippen LogP contribution >= 0.6 is 11.6 Å². The van der Waals surface area contributed by atoms with E-state index in [1.165, 1.54) is 18.2 Å². The first kappa shape index (κ1) is 15.7. The third kappa shape index (κ3) is 3.51. The van der Waals surface area contributed by atoms with Crippen molar-refractivity contribution in [3.8, 4) is 11.3 Å². The molecule has 112 valence electrons. The van der Waals surface area contributed by atoms with Crippen molar-refractivity contribution in [1.82, 2.24) is 10.3 Å². The molecular formula is C14H11ClF4N2. The maximum Gasteiger partial charge on any atom is 0.433 e. The van der Waals surface area contributed by atoms with Crippen LogP contribution in [-0.2, 0) is 12.7 Å². The number of halogens is 5. The molecule has 0 saturated heterocycles. The molecule has 0 aliphatic carbocycles. The van der Waals surface area contributed by atoms with E-state index in [-0.39, 0.29) is 10.7 Å². The summed E-state index contributed by atoms with van der Waals surface area (Å²) in [6.07, 6.45) is -4.54. The number of hydrogen-bond acceptors (Lipinski definition) is 2. The molecule has 0 unspecified atom stereocenters. The molecule has 7 heteroatoms. The van der Waals surface area contributed by atoms with Gasteiger partial charge in [0.15, 0.2) is 0 Å². The van der Waals surface area contributed by atoms with Gasteiger partial charge in [-0.1, -0.05) is 17.7 Å². The Labute approximate surface area is 123 Å². The molecule has 0 aliphatic rings. The van der Waals surface area contributed by atoms with Gasteiger partial charge >= 0.3 is 6.18 Å². The fourth-order valence-corrected chi connectivity index (χ4v) is 2.05. The normalized spacial score (nSPS) is 11.7. The molecule has 0 bridgehead atoms. The molecule has 0 amide bonds. The minimum absolute atomic E-state index is 0.126. The highest BCUT2D eigenvalue weighted by molar-refractivity contribution is 6.31. The lowest BCUT2D eigenvalue weighted by Crippen LogP contribution is -2.12. The number of rotatable bonds is 3. The molecule has 2 aromatic rings. The van der Waals surface area contributed by atoms with Gasteiger partial charge in [0.1, 0.15) is 11.5 Å². The predicted octanol–water partition coefficient (Wildman–Crippen LogP) is 4.28. The first-order valence-corrected chi connectivity index (χ1v) is 6.38. The van der Waals surface area contributed by atoms with E-state index in [4.69, 9.17) is 11.6 Å². The van der Waals surface area contributed by atoms with Crippen LogP contribution in [0.25, 0.3) is 11.3 Å². The third-order valence-electron chi connectivity index (χ3n) is 2.83. The van der Waals surface area contributed by atoms with Gasteiger partial charge in [0.05, 0.1) is 10.7 Å². The van der Waals surface area contributed by atoms with Crippen molar-refractivity contribution < 1.29 is 17.6 Å². The van der Waals surface area contributed by atoms with Crippen LogP contribution in [-0.4, -0.2) is 12.0 Å². The lowest BCUT2D eigenvalue weighted by Gasteiger charge is -2.13. The van der Waals surface area contributed by atoms with Gasteiger partial charge in [0.25, 0.3) is 0 Å². The lowest BCUT2D eigenvalue weighted by atomic mass is 10.0. The average molecular weight is 319 g/mol. The lowest BCUT2D eigenvalue weighted by molar-refractivity contribution is -0.141. The zero-order valence-corrected chi connectivity index (χ0v) is 11.7. The average Bonchev–Trinajstić information content (AvgIpc) is 2.41. The minimum atomic E-state index is -4.54. The first-order valence-electron chi connectivity index (χ1n) is 6.00. The maximum atomic E-state index is 13.2. The van der Waals surface area contributed by atoms with E-state index < -0.39 is 17.7 Å². The van der Waals surface area contributed by atoms with E-state index in [0.29, 0.717) is 17.7 Å². The van der Waals surface area contributed by atoms with Gasteiger partial charge in [0, 0.05) is 12.1 Å². The highest BCUT2D eigenvalue weighted by Gasteiger charge is 2.33. The Hall–Kier alpha value is -1.66. The summed E-state index contributed by atoms with van der Waals surface area (Å²) < 4.78 is 51.5. The van der Waals surface area contributed by atoms with Crippen LogP contribution in [0.3, 0.4) is 0 Å². The molecular weight excluding hydrogens is 308 g/mol. The van der Waals surface area contributed by atoms with Crippen molar-refractivity contribution in [2.24, 2.45) is 0 Å². The standard InChI is InChI=1S/C14H11ClF4N2/c1-20-7-9-3-5-12(14(17,18)19)21-13(9)8-2-4-11(16)10(15)6-8/h2-6,20H,7H2,1H3. The summed E-state index contributed by atoms with van der Waals surface area (Å²) in [6, 6.07) is 5.98.